The molecule has 0 bridgehead atoms. The van der Waals surface area contributed by atoms with Gasteiger partial charge in [-0.15, -0.1) is 0 Å². The van der Waals surface area contributed by atoms with E-state index in [-0.39, 0.29) is 0 Å². The van der Waals surface area contributed by atoms with E-state index in [0.29, 0.717) is 5.25 Å². The molecule has 108 valence electrons. The molecule has 0 radical (unpaired) electrons. The van der Waals surface area contributed by atoms with Crippen LogP contribution in [0.4, 0.5) is 0 Å². The van der Waals surface area contributed by atoms with Gasteiger partial charge in [0.2, 0.25) is 0 Å². The number of aryl methyl sites for hydroxylation is 2. The minimum atomic E-state index is 0.676. The van der Waals surface area contributed by atoms with Crippen molar-refractivity contribution in [2.24, 2.45) is 0 Å². The van der Waals surface area contributed by atoms with Crippen LogP contribution in [-0.2, 0) is 12.3 Å². The molecular formula is C15H27N3S. The Bertz CT molecular complexity index is 370. The van der Waals surface area contributed by atoms with E-state index in [4.69, 9.17) is 0 Å². The Balaban J connectivity index is 2.67. The second-order valence-electron chi connectivity index (χ2n) is 5.00. The second-order valence-corrected chi connectivity index (χ2v) is 6.42. The lowest BCUT2D eigenvalue weighted by molar-refractivity contribution is 0.663. The summed E-state index contributed by atoms with van der Waals surface area (Å²) >= 11 is 1.93. The van der Waals surface area contributed by atoms with Crippen molar-refractivity contribution in [1.82, 2.24) is 15.3 Å². The van der Waals surface area contributed by atoms with Gasteiger partial charge in [-0.25, -0.2) is 9.97 Å². The van der Waals surface area contributed by atoms with Crippen LogP contribution in [0.3, 0.4) is 0 Å². The van der Waals surface area contributed by atoms with Crippen molar-refractivity contribution in [2.75, 3.05) is 6.54 Å². The molecule has 1 unspecified atom stereocenters. The fraction of sp³-hybridized carbons (Fsp3) is 0.733. The average Bonchev–Trinajstić information content (AvgIpc) is 2.39. The SMILES string of the molecule is CCCNCc1c(C)nc(CSC(C)CC)nc1C. The Labute approximate surface area is 122 Å². The predicted molar refractivity (Wildman–Crippen MR) is 84.6 cm³/mol. The van der Waals surface area contributed by atoms with Gasteiger partial charge in [0, 0.05) is 28.7 Å². The third-order valence-electron chi connectivity index (χ3n) is 3.27. The van der Waals surface area contributed by atoms with Gasteiger partial charge in [0.25, 0.3) is 0 Å². The minimum absolute atomic E-state index is 0.676. The first-order valence-corrected chi connectivity index (χ1v) is 8.28. The van der Waals surface area contributed by atoms with Crippen molar-refractivity contribution in [3.63, 3.8) is 0 Å². The normalized spacial score (nSPS) is 12.7. The number of hydrogen-bond donors (Lipinski definition) is 1. The smallest absolute Gasteiger partial charge is 0.138 e. The Morgan fingerprint density at radius 1 is 1.16 bits per heavy atom. The maximum Gasteiger partial charge on any atom is 0.138 e. The third-order valence-corrected chi connectivity index (χ3v) is 4.59. The lowest BCUT2D eigenvalue weighted by atomic mass is 10.1. The lowest BCUT2D eigenvalue weighted by Gasteiger charge is -2.12. The van der Waals surface area contributed by atoms with Crippen LogP contribution in [0.2, 0.25) is 0 Å². The maximum atomic E-state index is 4.65. The van der Waals surface area contributed by atoms with Gasteiger partial charge >= 0.3 is 0 Å². The van der Waals surface area contributed by atoms with Crippen molar-refractivity contribution in [3.8, 4) is 0 Å². The molecule has 1 N–H and O–H groups in total. The molecule has 1 rings (SSSR count). The summed E-state index contributed by atoms with van der Waals surface area (Å²) in [6, 6.07) is 0. The van der Waals surface area contributed by atoms with E-state index in [1.807, 2.05) is 11.8 Å². The Hall–Kier alpha value is -0.610. The van der Waals surface area contributed by atoms with Crippen LogP contribution in [0.5, 0.6) is 0 Å². The average molecular weight is 281 g/mol. The first-order valence-electron chi connectivity index (χ1n) is 7.23. The second kappa shape index (κ2) is 8.54. The van der Waals surface area contributed by atoms with E-state index in [1.54, 1.807) is 0 Å². The first-order chi connectivity index (χ1) is 9.08. The maximum absolute atomic E-state index is 4.65. The first kappa shape index (κ1) is 16.4. The number of rotatable bonds is 8. The van der Waals surface area contributed by atoms with Crippen LogP contribution < -0.4 is 5.32 Å². The third kappa shape index (κ3) is 5.49. The Morgan fingerprint density at radius 3 is 2.32 bits per heavy atom. The molecule has 4 heteroatoms. The number of thioether (sulfide) groups is 1. The Kier molecular flexibility index (Phi) is 7.39. The summed E-state index contributed by atoms with van der Waals surface area (Å²) in [6.45, 7) is 12.8. The highest BCUT2D eigenvalue weighted by Crippen LogP contribution is 2.19. The standard InChI is InChI=1S/C15H27N3S/c1-6-8-16-9-14-12(4)17-15(18-13(14)5)10-19-11(3)7-2/h11,16H,6-10H2,1-5H3. The van der Waals surface area contributed by atoms with Gasteiger partial charge in [-0.3, -0.25) is 0 Å². The van der Waals surface area contributed by atoms with Crippen LogP contribution in [-0.4, -0.2) is 21.8 Å². The number of aromatic nitrogens is 2. The zero-order valence-corrected chi connectivity index (χ0v) is 13.7. The summed E-state index contributed by atoms with van der Waals surface area (Å²) in [4.78, 5) is 9.29. The molecule has 0 fully saturated rings. The van der Waals surface area contributed by atoms with Crippen molar-refractivity contribution in [3.05, 3.63) is 22.8 Å². The molecule has 1 atom stereocenters. The molecule has 0 saturated heterocycles. The van der Waals surface area contributed by atoms with Crippen molar-refractivity contribution >= 4 is 11.8 Å². The highest BCUT2D eigenvalue weighted by atomic mass is 32.2. The number of hydrogen-bond acceptors (Lipinski definition) is 4. The highest BCUT2D eigenvalue weighted by Gasteiger charge is 2.09. The Morgan fingerprint density at radius 2 is 1.79 bits per heavy atom. The molecule has 0 spiro atoms. The summed E-state index contributed by atoms with van der Waals surface area (Å²) in [6.07, 6.45) is 2.35. The van der Waals surface area contributed by atoms with E-state index >= 15 is 0 Å². The fourth-order valence-electron chi connectivity index (χ4n) is 1.85. The van der Waals surface area contributed by atoms with Gasteiger partial charge in [-0.1, -0.05) is 20.8 Å². The summed E-state index contributed by atoms with van der Waals surface area (Å²) in [5.74, 6) is 1.89. The van der Waals surface area contributed by atoms with Crippen LogP contribution in [0.25, 0.3) is 0 Å². The number of nitrogens with one attached hydrogen (secondary N) is 1. The molecule has 0 aliphatic carbocycles. The van der Waals surface area contributed by atoms with Crippen molar-refractivity contribution in [1.29, 1.82) is 0 Å². The molecule has 1 aromatic rings. The van der Waals surface area contributed by atoms with E-state index in [9.17, 15) is 0 Å². The quantitative estimate of drug-likeness (QED) is 0.739. The molecule has 1 aromatic heterocycles. The largest absolute Gasteiger partial charge is 0.313 e. The van der Waals surface area contributed by atoms with Gasteiger partial charge in [0.05, 0.1) is 5.75 Å². The van der Waals surface area contributed by atoms with E-state index in [1.165, 1.54) is 12.0 Å². The predicted octanol–water partition coefficient (Wildman–Crippen LogP) is 3.62. The fourth-order valence-corrected chi connectivity index (χ4v) is 2.65. The lowest BCUT2D eigenvalue weighted by Crippen LogP contribution is -2.17. The summed E-state index contributed by atoms with van der Waals surface area (Å²) in [5, 5.41) is 4.10. The zero-order chi connectivity index (χ0) is 14.3. The van der Waals surface area contributed by atoms with Crippen LogP contribution in [0, 0.1) is 13.8 Å². The van der Waals surface area contributed by atoms with Gasteiger partial charge in [-0.05, 0) is 33.2 Å². The van der Waals surface area contributed by atoms with Crippen LogP contribution in [0.15, 0.2) is 0 Å². The summed E-state index contributed by atoms with van der Waals surface area (Å²) in [5.41, 5.74) is 3.50. The molecule has 1 heterocycles. The molecule has 3 nitrogen and oxygen atoms in total. The van der Waals surface area contributed by atoms with Crippen LogP contribution >= 0.6 is 11.8 Å². The van der Waals surface area contributed by atoms with E-state index < -0.39 is 0 Å². The number of nitrogens with zero attached hydrogens (tertiary/aromatic N) is 2. The summed E-state index contributed by atoms with van der Waals surface area (Å²) in [7, 11) is 0. The molecule has 0 saturated carbocycles. The summed E-state index contributed by atoms with van der Waals surface area (Å²) < 4.78 is 0. The molecule has 0 aromatic carbocycles. The van der Waals surface area contributed by atoms with Gasteiger partial charge < -0.3 is 5.32 Å². The van der Waals surface area contributed by atoms with Gasteiger partial charge in [0.1, 0.15) is 5.82 Å². The monoisotopic (exact) mass is 281 g/mol. The molecule has 19 heavy (non-hydrogen) atoms. The zero-order valence-electron chi connectivity index (χ0n) is 12.9. The molecular weight excluding hydrogens is 254 g/mol. The molecule has 0 aliphatic rings. The molecule has 0 amide bonds. The highest BCUT2D eigenvalue weighted by molar-refractivity contribution is 7.99. The minimum Gasteiger partial charge on any atom is -0.313 e. The topological polar surface area (TPSA) is 37.8 Å². The van der Waals surface area contributed by atoms with Gasteiger partial charge in [0.15, 0.2) is 0 Å². The molecule has 0 aliphatic heterocycles. The van der Waals surface area contributed by atoms with Gasteiger partial charge in [-0.2, -0.15) is 11.8 Å². The van der Waals surface area contributed by atoms with Crippen molar-refractivity contribution in [2.45, 2.75) is 65.0 Å². The van der Waals surface area contributed by atoms with Crippen molar-refractivity contribution < 1.29 is 0 Å². The van der Waals surface area contributed by atoms with E-state index in [2.05, 4.69) is 49.9 Å². The van der Waals surface area contributed by atoms with E-state index in [0.717, 1.165) is 42.5 Å². The van der Waals surface area contributed by atoms with Crippen LogP contribution in [0.1, 0.15) is 56.4 Å².